The minimum atomic E-state index is -0.0139. The first-order valence-corrected chi connectivity index (χ1v) is 8.39. The Hall–Kier alpha value is -1.35. The van der Waals surface area contributed by atoms with E-state index in [0.717, 1.165) is 19.3 Å². The molecule has 1 amide bonds. The van der Waals surface area contributed by atoms with Crippen LogP contribution in [0.25, 0.3) is 0 Å². The Balaban J connectivity index is 2.11. The molecule has 0 radical (unpaired) electrons. The van der Waals surface area contributed by atoms with Crippen LogP contribution in [0.1, 0.15) is 49.8 Å². The summed E-state index contributed by atoms with van der Waals surface area (Å²) in [6.45, 7) is 6.54. The van der Waals surface area contributed by atoms with Crippen LogP contribution in [-0.2, 0) is 17.6 Å². The number of likely N-dealkylation sites (N-methyl/N-ethyl adjacent to an activating group) is 2. The highest BCUT2D eigenvalue weighted by Crippen LogP contribution is 2.28. The molecule has 3 nitrogen and oxygen atoms in total. The second-order valence-corrected chi connectivity index (χ2v) is 7.08. The number of amides is 1. The van der Waals surface area contributed by atoms with E-state index in [9.17, 15) is 4.79 Å². The Morgan fingerprint density at radius 2 is 1.82 bits per heavy atom. The first-order chi connectivity index (χ1) is 10.3. The summed E-state index contributed by atoms with van der Waals surface area (Å²) in [5, 5.41) is 0. The number of benzene rings is 1. The first kappa shape index (κ1) is 17.0. The lowest BCUT2D eigenvalue weighted by Crippen LogP contribution is -2.48. The van der Waals surface area contributed by atoms with Gasteiger partial charge in [0.05, 0.1) is 6.04 Å². The average Bonchev–Trinajstić information content (AvgIpc) is 2.89. The Morgan fingerprint density at radius 3 is 2.36 bits per heavy atom. The smallest absolute Gasteiger partial charge is 0.239 e. The van der Waals surface area contributed by atoms with Crippen molar-refractivity contribution in [2.45, 2.75) is 58.0 Å². The molecule has 1 aliphatic carbocycles. The lowest BCUT2D eigenvalue weighted by atomic mass is 9.99. The van der Waals surface area contributed by atoms with Crippen LogP contribution >= 0.6 is 0 Å². The van der Waals surface area contributed by atoms with Gasteiger partial charge in [0.25, 0.3) is 0 Å². The Kier molecular flexibility index (Phi) is 5.28. The summed E-state index contributed by atoms with van der Waals surface area (Å²) in [5.41, 5.74) is 4.23. The number of hydrogen-bond donors (Lipinski definition) is 0. The molecule has 0 saturated carbocycles. The second kappa shape index (κ2) is 6.82. The zero-order valence-electron chi connectivity index (χ0n) is 14.9. The van der Waals surface area contributed by atoms with Crippen LogP contribution in [0.2, 0.25) is 0 Å². The molecule has 0 aliphatic heterocycles. The molecule has 1 aromatic rings. The van der Waals surface area contributed by atoms with Crippen molar-refractivity contribution < 1.29 is 4.79 Å². The van der Waals surface area contributed by atoms with Crippen LogP contribution in [0.5, 0.6) is 0 Å². The third kappa shape index (κ3) is 3.35. The molecule has 0 bridgehead atoms. The van der Waals surface area contributed by atoms with Crippen molar-refractivity contribution in [3.8, 4) is 0 Å². The Labute approximate surface area is 135 Å². The molecular formula is C19H30N2O. The average molecular weight is 302 g/mol. The van der Waals surface area contributed by atoms with Crippen LogP contribution in [0.4, 0.5) is 0 Å². The van der Waals surface area contributed by atoms with Crippen LogP contribution in [0.15, 0.2) is 18.2 Å². The van der Waals surface area contributed by atoms with E-state index in [0.29, 0.717) is 12.0 Å². The molecule has 0 fully saturated rings. The standard InChI is InChI=1S/C19H30N2O/c1-7-18(20(4)5)19(22)21(6)17-11-15-9-8-14(13(2)3)10-16(15)12-17/h8-10,13,17-18H,7,11-12H2,1-6H3/t17?,18-/m0/s1. The van der Waals surface area contributed by atoms with Gasteiger partial charge in [-0.05, 0) is 56.0 Å². The lowest BCUT2D eigenvalue weighted by Gasteiger charge is -2.31. The first-order valence-electron chi connectivity index (χ1n) is 8.39. The second-order valence-electron chi connectivity index (χ2n) is 7.08. The molecule has 1 aliphatic rings. The maximum Gasteiger partial charge on any atom is 0.239 e. The van der Waals surface area contributed by atoms with Crippen LogP contribution in [-0.4, -0.2) is 48.9 Å². The maximum atomic E-state index is 12.7. The summed E-state index contributed by atoms with van der Waals surface area (Å²) in [6, 6.07) is 7.12. The van der Waals surface area contributed by atoms with Gasteiger partial charge in [-0.2, -0.15) is 0 Å². The number of carbonyl (C=O) groups excluding carboxylic acids is 1. The highest BCUT2D eigenvalue weighted by atomic mass is 16.2. The molecule has 0 heterocycles. The monoisotopic (exact) mass is 302 g/mol. The van der Waals surface area contributed by atoms with E-state index in [1.54, 1.807) is 0 Å². The van der Waals surface area contributed by atoms with Gasteiger partial charge < -0.3 is 4.90 Å². The normalized spacial score (nSPS) is 18.6. The van der Waals surface area contributed by atoms with E-state index in [2.05, 4.69) is 39.0 Å². The molecule has 22 heavy (non-hydrogen) atoms. The third-order valence-corrected chi connectivity index (χ3v) is 5.00. The molecule has 1 unspecified atom stereocenters. The van der Waals surface area contributed by atoms with Crippen LogP contribution in [0.3, 0.4) is 0 Å². The number of rotatable bonds is 5. The van der Waals surface area contributed by atoms with Gasteiger partial charge in [-0.1, -0.05) is 39.0 Å². The fraction of sp³-hybridized carbons (Fsp3) is 0.632. The molecule has 2 atom stereocenters. The summed E-state index contributed by atoms with van der Waals surface area (Å²) >= 11 is 0. The maximum absolute atomic E-state index is 12.7. The van der Waals surface area contributed by atoms with Crippen LogP contribution in [0, 0.1) is 0 Å². The third-order valence-electron chi connectivity index (χ3n) is 5.00. The summed E-state index contributed by atoms with van der Waals surface area (Å²) in [5.74, 6) is 0.802. The van der Waals surface area contributed by atoms with E-state index in [4.69, 9.17) is 0 Å². The van der Waals surface area contributed by atoms with Gasteiger partial charge in [-0.15, -0.1) is 0 Å². The van der Waals surface area contributed by atoms with Gasteiger partial charge in [0.1, 0.15) is 0 Å². The predicted molar refractivity (Wildman–Crippen MR) is 92.3 cm³/mol. The van der Waals surface area contributed by atoms with E-state index in [1.807, 2.05) is 30.9 Å². The fourth-order valence-corrected chi connectivity index (χ4v) is 3.42. The fourth-order valence-electron chi connectivity index (χ4n) is 3.42. The largest absolute Gasteiger partial charge is 0.341 e. The Bertz CT molecular complexity index is 536. The minimum absolute atomic E-state index is 0.0139. The topological polar surface area (TPSA) is 23.6 Å². The van der Waals surface area contributed by atoms with E-state index < -0.39 is 0 Å². The molecule has 0 aromatic heterocycles. The molecular weight excluding hydrogens is 272 g/mol. The summed E-state index contributed by atoms with van der Waals surface area (Å²) in [6.07, 6.45) is 2.83. The number of fused-ring (bicyclic) bond motifs is 1. The van der Waals surface area contributed by atoms with E-state index in [1.165, 1.54) is 16.7 Å². The van der Waals surface area contributed by atoms with Crippen molar-refractivity contribution in [3.05, 3.63) is 34.9 Å². The van der Waals surface area contributed by atoms with Gasteiger partial charge in [0, 0.05) is 13.1 Å². The molecule has 0 spiro atoms. The highest BCUT2D eigenvalue weighted by molar-refractivity contribution is 5.82. The predicted octanol–water partition coefficient (Wildman–Crippen LogP) is 3.08. The van der Waals surface area contributed by atoms with E-state index >= 15 is 0 Å². The molecule has 2 rings (SSSR count). The highest BCUT2D eigenvalue weighted by Gasteiger charge is 2.31. The van der Waals surface area contributed by atoms with Crippen LogP contribution < -0.4 is 0 Å². The quantitative estimate of drug-likeness (QED) is 0.834. The summed E-state index contributed by atoms with van der Waals surface area (Å²) in [4.78, 5) is 16.7. The molecule has 1 aromatic carbocycles. The number of hydrogen-bond acceptors (Lipinski definition) is 2. The van der Waals surface area contributed by atoms with Gasteiger partial charge in [0.2, 0.25) is 5.91 Å². The zero-order valence-corrected chi connectivity index (χ0v) is 14.9. The van der Waals surface area contributed by atoms with Gasteiger partial charge >= 0.3 is 0 Å². The molecule has 0 saturated heterocycles. The van der Waals surface area contributed by atoms with Gasteiger partial charge in [0.15, 0.2) is 0 Å². The Morgan fingerprint density at radius 1 is 1.18 bits per heavy atom. The van der Waals surface area contributed by atoms with Crippen molar-refractivity contribution in [2.24, 2.45) is 0 Å². The lowest BCUT2D eigenvalue weighted by molar-refractivity contribution is -0.136. The molecule has 122 valence electrons. The van der Waals surface area contributed by atoms with Crippen molar-refractivity contribution >= 4 is 5.91 Å². The van der Waals surface area contributed by atoms with Crippen molar-refractivity contribution in [3.63, 3.8) is 0 Å². The van der Waals surface area contributed by atoms with Crippen molar-refractivity contribution in [2.75, 3.05) is 21.1 Å². The van der Waals surface area contributed by atoms with Crippen molar-refractivity contribution in [1.29, 1.82) is 0 Å². The number of carbonyl (C=O) groups is 1. The summed E-state index contributed by atoms with van der Waals surface area (Å²) < 4.78 is 0. The minimum Gasteiger partial charge on any atom is -0.341 e. The SMILES string of the molecule is CC[C@@H](C(=O)N(C)C1Cc2ccc(C(C)C)cc2C1)N(C)C. The van der Waals surface area contributed by atoms with Crippen molar-refractivity contribution in [1.82, 2.24) is 9.80 Å². The number of nitrogens with zero attached hydrogens (tertiary/aromatic N) is 2. The summed E-state index contributed by atoms with van der Waals surface area (Å²) in [7, 11) is 5.94. The van der Waals surface area contributed by atoms with Gasteiger partial charge in [-0.25, -0.2) is 0 Å². The molecule has 0 N–H and O–H groups in total. The molecule has 3 heteroatoms. The van der Waals surface area contributed by atoms with Gasteiger partial charge in [-0.3, -0.25) is 9.69 Å². The van der Waals surface area contributed by atoms with E-state index in [-0.39, 0.29) is 11.9 Å². The zero-order chi connectivity index (χ0) is 16.4.